The third kappa shape index (κ3) is 4.54. The Morgan fingerprint density at radius 1 is 1.46 bits per heavy atom. The lowest BCUT2D eigenvalue weighted by molar-refractivity contribution is -0.687. The zero-order valence-electron chi connectivity index (χ0n) is 19.2. The van der Waals surface area contributed by atoms with Crippen molar-refractivity contribution in [2.24, 2.45) is 5.16 Å². The Bertz CT molecular complexity index is 1460. The van der Waals surface area contributed by atoms with E-state index in [1.54, 1.807) is 17.8 Å². The summed E-state index contributed by atoms with van der Waals surface area (Å²) in [5.74, 6) is -2.55. The molecule has 1 fully saturated rings. The topological polar surface area (TPSA) is 191 Å². The number of rotatable bonds is 9. The molecule has 1 saturated heterocycles. The van der Waals surface area contributed by atoms with Crippen LogP contribution in [0.5, 0.6) is 0 Å². The van der Waals surface area contributed by atoms with Crippen LogP contribution >= 0.6 is 34.6 Å². The Morgan fingerprint density at radius 2 is 2.27 bits per heavy atom. The normalized spacial score (nSPS) is 19.7. The van der Waals surface area contributed by atoms with Gasteiger partial charge in [0.2, 0.25) is 22.7 Å². The number of carbonyl (C=O) groups excluding carboxylic acids is 3. The molecule has 0 saturated carbocycles. The summed E-state index contributed by atoms with van der Waals surface area (Å²) in [7, 11) is 0. The standard InChI is InChI=1S/C20H20N8O6S3/c1-2-34-24-12(15-23-20(21)37-25-15)16(30)22-13-17(31)28-14(19(32)33)9(6-36-18(13)28)3-26-4-11-27(8-26)10(5-29)7-35-11/h4,7-8,13,18,29H,2-3,5-6H2,1H3,(H3-,21,22,23,25,30,32,33)/b24-12-/t13-,18-/m1/s1. The van der Waals surface area contributed by atoms with Crippen LogP contribution in [-0.4, -0.2) is 71.0 Å². The van der Waals surface area contributed by atoms with Gasteiger partial charge in [0.25, 0.3) is 11.8 Å². The van der Waals surface area contributed by atoms with Crippen molar-refractivity contribution in [3.63, 3.8) is 0 Å². The van der Waals surface area contributed by atoms with E-state index in [1.165, 1.54) is 23.1 Å². The zero-order chi connectivity index (χ0) is 26.3. The molecule has 2 aliphatic rings. The molecule has 2 aliphatic heterocycles. The number of carbonyl (C=O) groups is 3. The molecule has 2 amide bonds. The minimum absolute atomic E-state index is 0.0418. The lowest BCUT2D eigenvalue weighted by atomic mass is 10.0. The smallest absolute Gasteiger partial charge is 0.278 e. The molecular formula is C20H20N8O6S3. The third-order valence-corrected chi connectivity index (χ3v) is 8.43. The maximum absolute atomic E-state index is 13.0. The van der Waals surface area contributed by atoms with Crippen molar-refractivity contribution in [1.82, 2.24) is 24.0 Å². The van der Waals surface area contributed by atoms with Gasteiger partial charge >= 0.3 is 0 Å². The van der Waals surface area contributed by atoms with Crippen molar-refractivity contribution < 1.29 is 34.0 Å². The minimum Gasteiger partial charge on any atom is -0.543 e. The summed E-state index contributed by atoms with van der Waals surface area (Å²) in [6, 6.07) is -0.990. The van der Waals surface area contributed by atoms with E-state index in [9.17, 15) is 24.6 Å². The number of nitrogens with two attached hydrogens (primary N) is 1. The van der Waals surface area contributed by atoms with Crippen LogP contribution in [0.2, 0.25) is 0 Å². The van der Waals surface area contributed by atoms with Gasteiger partial charge in [0, 0.05) is 28.2 Å². The number of aromatic nitrogens is 4. The van der Waals surface area contributed by atoms with Gasteiger partial charge in [-0.05, 0) is 6.92 Å². The average Bonchev–Trinajstić information content (AvgIpc) is 3.58. The van der Waals surface area contributed by atoms with E-state index < -0.39 is 29.2 Å². The first-order chi connectivity index (χ1) is 17.8. The number of amides is 2. The highest BCUT2D eigenvalue weighted by Crippen LogP contribution is 2.40. The number of imidazole rings is 1. The van der Waals surface area contributed by atoms with Crippen LogP contribution in [0.1, 0.15) is 18.4 Å². The summed E-state index contributed by atoms with van der Waals surface area (Å²) >= 11 is 3.65. The molecule has 2 atom stereocenters. The molecule has 0 aliphatic carbocycles. The van der Waals surface area contributed by atoms with E-state index in [4.69, 9.17) is 10.6 Å². The summed E-state index contributed by atoms with van der Waals surface area (Å²) < 4.78 is 7.58. The number of hydrogen-bond acceptors (Lipinski definition) is 13. The van der Waals surface area contributed by atoms with Crippen molar-refractivity contribution in [3.8, 4) is 0 Å². The largest absolute Gasteiger partial charge is 0.543 e. The number of aliphatic carboxylic acids is 1. The Hall–Kier alpha value is -3.54. The summed E-state index contributed by atoms with van der Waals surface area (Å²) in [5.41, 5.74) is 6.36. The second kappa shape index (κ2) is 10.1. The molecular weight excluding hydrogens is 544 g/mol. The molecule has 37 heavy (non-hydrogen) atoms. The molecule has 0 radical (unpaired) electrons. The summed E-state index contributed by atoms with van der Waals surface area (Å²) in [6.45, 7) is 1.95. The van der Waals surface area contributed by atoms with Gasteiger partial charge in [-0.2, -0.15) is 13.8 Å². The lowest BCUT2D eigenvalue weighted by Gasteiger charge is -2.50. The van der Waals surface area contributed by atoms with Crippen molar-refractivity contribution in [3.05, 3.63) is 40.7 Å². The van der Waals surface area contributed by atoms with E-state index in [2.05, 4.69) is 19.8 Å². The van der Waals surface area contributed by atoms with Gasteiger partial charge in [-0.15, -0.1) is 11.8 Å². The second-order valence-corrected chi connectivity index (χ2v) is 10.7. The molecule has 14 nitrogen and oxygen atoms in total. The summed E-state index contributed by atoms with van der Waals surface area (Å²) in [6.07, 6.45) is 3.59. The highest BCUT2D eigenvalue weighted by atomic mass is 32.2. The molecule has 17 heteroatoms. The first-order valence-electron chi connectivity index (χ1n) is 10.9. The lowest BCUT2D eigenvalue weighted by Crippen LogP contribution is -2.71. The number of carboxylic acid groups (broad SMARTS) is 1. The average molecular weight is 565 g/mol. The molecule has 5 heterocycles. The first kappa shape index (κ1) is 25.1. The Kier molecular flexibility index (Phi) is 6.84. The fourth-order valence-electron chi connectivity index (χ4n) is 4.00. The number of thiazole rings is 1. The Balaban J connectivity index is 1.35. The molecule has 0 spiro atoms. The number of carboxylic acids is 1. The van der Waals surface area contributed by atoms with E-state index in [1.807, 2.05) is 16.0 Å². The van der Waals surface area contributed by atoms with E-state index in [0.29, 0.717) is 17.0 Å². The maximum atomic E-state index is 13.0. The molecule has 0 aromatic carbocycles. The molecule has 3 aromatic rings. The number of nitrogen functional groups attached to an aromatic ring is 1. The minimum atomic E-state index is -1.48. The second-order valence-electron chi connectivity index (χ2n) is 7.92. The third-order valence-electron chi connectivity index (χ3n) is 5.62. The van der Waals surface area contributed by atoms with E-state index in [0.717, 1.165) is 21.3 Å². The summed E-state index contributed by atoms with van der Waals surface area (Å²) in [5, 5.41) is 29.2. The fourth-order valence-corrected chi connectivity index (χ4v) is 6.69. The van der Waals surface area contributed by atoms with Crippen molar-refractivity contribution in [2.45, 2.75) is 31.5 Å². The highest BCUT2D eigenvalue weighted by Gasteiger charge is 2.53. The SMILES string of the molecule is CCO/N=C(\C(=O)N[C@@H]1C(=O)N2C(C(=O)[O-])=C(C[n+]3cc4scc(CO)n4c3)CS[C@H]12)c1nsc(N)n1. The van der Waals surface area contributed by atoms with Gasteiger partial charge in [-0.25, -0.2) is 4.57 Å². The van der Waals surface area contributed by atoms with E-state index >= 15 is 0 Å². The van der Waals surface area contributed by atoms with Crippen LogP contribution in [0.25, 0.3) is 4.83 Å². The van der Waals surface area contributed by atoms with Crippen molar-refractivity contribution >= 4 is 68.1 Å². The van der Waals surface area contributed by atoms with Crippen LogP contribution in [0.15, 0.2) is 34.3 Å². The number of β-lactam (4-membered cyclic amide) rings is 1. The predicted molar refractivity (Wildman–Crippen MR) is 131 cm³/mol. The van der Waals surface area contributed by atoms with Crippen LogP contribution in [0.4, 0.5) is 5.13 Å². The van der Waals surface area contributed by atoms with Gasteiger partial charge in [0.15, 0.2) is 5.13 Å². The van der Waals surface area contributed by atoms with Gasteiger partial charge < -0.3 is 30.9 Å². The van der Waals surface area contributed by atoms with Crippen LogP contribution < -0.4 is 20.7 Å². The highest BCUT2D eigenvalue weighted by molar-refractivity contribution is 8.00. The predicted octanol–water partition coefficient (Wildman–Crippen LogP) is -1.94. The maximum Gasteiger partial charge on any atom is 0.278 e. The van der Waals surface area contributed by atoms with Gasteiger partial charge in [0.05, 0.1) is 11.7 Å². The number of nitrogens with zero attached hydrogens (tertiary/aromatic N) is 6. The molecule has 0 unspecified atom stereocenters. The quantitative estimate of drug-likeness (QED) is 0.114. The van der Waals surface area contributed by atoms with Crippen LogP contribution in [0, 0.1) is 0 Å². The number of anilines is 1. The number of oxime groups is 1. The van der Waals surface area contributed by atoms with Crippen molar-refractivity contribution in [2.75, 3.05) is 18.1 Å². The van der Waals surface area contributed by atoms with Gasteiger partial charge in [-0.3, -0.25) is 14.5 Å². The number of thioether (sulfide) groups is 1. The van der Waals surface area contributed by atoms with Gasteiger partial charge in [-0.1, -0.05) is 16.5 Å². The Morgan fingerprint density at radius 3 is 2.95 bits per heavy atom. The number of nitrogens with one attached hydrogen (secondary N) is 1. The molecule has 0 bridgehead atoms. The van der Waals surface area contributed by atoms with E-state index in [-0.39, 0.29) is 42.1 Å². The summed E-state index contributed by atoms with van der Waals surface area (Å²) in [4.78, 5) is 49.0. The molecule has 4 N–H and O–H groups in total. The number of hydrogen-bond donors (Lipinski definition) is 3. The number of fused-ring (bicyclic) bond motifs is 2. The number of aliphatic hydroxyl groups is 1. The first-order valence-corrected chi connectivity index (χ1v) is 13.6. The van der Waals surface area contributed by atoms with Crippen LogP contribution in [0.3, 0.4) is 0 Å². The Labute approximate surface area is 221 Å². The zero-order valence-corrected chi connectivity index (χ0v) is 21.6. The van der Waals surface area contributed by atoms with Crippen molar-refractivity contribution in [1.29, 1.82) is 0 Å². The number of aliphatic hydroxyl groups excluding tert-OH is 1. The molecule has 5 rings (SSSR count). The molecule has 3 aromatic heterocycles. The van der Waals surface area contributed by atoms with Gasteiger partial charge in [0.1, 0.15) is 43.1 Å². The fraction of sp³-hybridized carbons (Fsp3) is 0.350. The molecule has 194 valence electrons. The monoisotopic (exact) mass is 564 g/mol. The van der Waals surface area contributed by atoms with Crippen LogP contribution in [-0.2, 0) is 32.4 Å².